The minimum absolute atomic E-state index is 0. The smallest absolute Gasteiger partial charge is 0.224 e. The van der Waals surface area contributed by atoms with Gasteiger partial charge in [0.2, 0.25) is 5.91 Å². The van der Waals surface area contributed by atoms with E-state index in [4.69, 9.17) is 15.2 Å². The lowest BCUT2D eigenvalue weighted by atomic mass is 9.78. The quantitative estimate of drug-likeness (QED) is 0.851. The lowest BCUT2D eigenvalue weighted by Gasteiger charge is -2.31. The molecule has 1 fully saturated rings. The number of ether oxygens (including phenoxy) is 2. The first-order valence-corrected chi connectivity index (χ1v) is 8.52. The maximum absolute atomic E-state index is 12.1. The molecule has 2 aliphatic rings. The van der Waals surface area contributed by atoms with Gasteiger partial charge in [0.05, 0.1) is 0 Å². The number of carbonyl (C=O) groups is 1. The maximum Gasteiger partial charge on any atom is 0.224 e. The van der Waals surface area contributed by atoms with E-state index in [1.54, 1.807) is 0 Å². The van der Waals surface area contributed by atoms with Gasteiger partial charge in [0.15, 0.2) is 11.5 Å². The predicted molar refractivity (Wildman–Crippen MR) is 96.1 cm³/mol. The Hall–Kier alpha value is -1.46. The summed E-state index contributed by atoms with van der Waals surface area (Å²) < 4.78 is 11.3. The van der Waals surface area contributed by atoms with Crippen LogP contribution in [0.4, 0.5) is 0 Å². The standard InChI is InChI=1S/C18H26N2O3.ClH/c1-13(11-19)17(21)20-12-18(6-2-3-7-18)14-4-5-15-16(10-14)23-9-8-22-15;/h4-5,10,13H,2-3,6-9,11-12,19H2,1H3,(H,20,21);1H. The van der Waals surface area contributed by atoms with Crippen LogP contribution in [0.3, 0.4) is 0 Å². The summed E-state index contributed by atoms with van der Waals surface area (Å²) in [4.78, 5) is 12.1. The largest absolute Gasteiger partial charge is 0.486 e. The van der Waals surface area contributed by atoms with Crippen molar-refractivity contribution in [3.05, 3.63) is 23.8 Å². The van der Waals surface area contributed by atoms with Crippen LogP contribution in [0, 0.1) is 5.92 Å². The van der Waals surface area contributed by atoms with Crippen LogP contribution >= 0.6 is 12.4 Å². The van der Waals surface area contributed by atoms with Crippen LogP contribution < -0.4 is 20.5 Å². The Bertz CT molecular complexity index is 573. The fourth-order valence-corrected chi connectivity index (χ4v) is 3.53. The van der Waals surface area contributed by atoms with Gasteiger partial charge in [-0.2, -0.15) is 0 Å². The molecule has 1 heterocycles. The summed E-state index contributed by atoms with van der Waals surface area (Å²) in [5.74, 6) is 1.53. The van der Waals surface area contributed by atoms with Crippen molar-refractivity contribution in [2.24, 2.45) is 11.7 Å². The van der Waals surface area contributed by atoms with E-state index in [1.165, 1.54) is 18.4 Å². The molecule has 0 radical (unpaired) electrons. The lowest BCUT2D eigenvalue weighted by Crippen LogP contribution is -2.42. The Morgan fingerprint density at radius 2 is 1.92 bits per heavy atom. The Labute approximate surface area is 149 Å². The molecular formula is C18H27ClN2O3. The summed E-state index contributed by atoms with van der Waals surface area (Å²) in [6.45, 7) is 4.10. The number of rotatable bonds is 5. The molecule has 0 saturated heterocycles. The molecule has 24 heavy (non-hydrogen) atoms. The van der Waals surface area contributed by atoms with E-state index in [2.05, 4.69) is 17.4 Å². The van der Waals surface area contributed by atoms with E-state index in [0.717, 1.165) is 24.3 Å². The number of hydrogen-bond donors (Lipinski definition) is 2. The Kier molecular flexibility index (Phi) is 6.35. The van der Waals surface area contributed by atoms with Crippen LogP contribution in [0.5, 0.6) is 11.5 Å². The summed E-state index contributed by atoms with van der Waals surface area (Å²) in [6.07, 6.45) is 4.56. The Morgan fingerprint density at radius 3 is 2.58 bits per heavy atom. The van der Waals surface area contributed by atoms with Crippen LogP contribution in [0.2, 0.25) is 0 Å². The highest BCUT2D eigenvalue weighted by Crippen LogP contribution is 2.43. The first-order valence-electron chi connectivity index (χ1n) is 8.52. The van der Waals surface area contributed by atoms with E-state index in [9.17, 15) is 4.79 Å². The number of amides is 1. The summed E-state index contributed by atoms with van der Waals surface area (Å²) in [5, 5.41) is 3.10. The molecule has 1 aliphatic heterocycles. The van der Waals surface area contributed by atoms with Crippen molar-refractivity contribution in [1.82, 2.24) is 5.32 Å². The molecule has 1 atom stereocenters. The molecule has 1 unspecified atom stereocenters. The van der Waals surface area contributed by atoms with Gasteiger partial charge in [0, 0.05) is 24.4 Å². The van der Waals surface area contributed by atoms with Crippen LogP contribution in [-0.4, -0.2) is 32.2 Å². The van der Waals surface area contributed by atoms with Gasteiger partial charge < -0.3 is 20.5 Å². The number of fused-ring (bicyclic) bond motifs is 1. The molecule has 5 nitrogen and oxygen atoms in total. The zero-order valence-electron chi connectivity index (χ0n) is 14.2. The second-order valence-electron chi connectivity index (χ2n) is 6.70. The maximum atomic E-state index is 12.1. The van der Waals surface area contributed by atoms with Gasteiger partial charge in [-0.3, -0.25) is 4.79 Å². The van der Waals surface area contributed by atoms with Gasteiger partial charge >= 0.3 is 0 Å². The van der Waals surface area contributed by atoms with Crippen LogP contribution in [0.25, 0.3) is 0 Å². The molecule has 3 rings (SSSR count). The van der Waals surface area contributed by atoms with Gasteiger partial charge in [-0.1, -0.05) is 25.8 Å². The van der Waals surface area contributed by atoms with Gasteiger partial charge in [-0.15, -0.1) is 12.4 Å². The number of hydrogen-bond acceptors (Lipinski definition) is 4. The lowest BCUT2D eigenvalue weighted by molar-refractivity contribution is -0.124. The zero-order chi connectivity index (χ0) is 16.3. The Morgan fingerprint density at radius 1 is 1.25 bits per heavy atom. The van der Waals surface area contributed by atoms with Crippen LogP contribution in [0.1, 0.15) is 38.2 Å². The normalized spacial score (nSPS) is 19.2. The van der Waals surface area contributed by atoms with E-state index in [1.807, 2.05) is 13.0 Å². The van der Waals surface area contributed by atoms with Gasteiger partial charge in [-0.05, 0) is 30.5 Å². The van der Waals surface area contributed by atoms with Crippen LogP contribution in [0.15, 0.2) is 18.2 Å². The summed E-state index contributed by atoms with van der Waals surface area (Å²) in [6, 6.07) is 6.21. The minimum Gasteiger partial charge on any atom is -0.486 e. The average Bonchev–Trinajstić information content (AvgIpc) is 3.08. The third kappa shape index (κ3) is 3.78. The summed E-state index contributed by atoms with van der Waals surface area (Å²) in [7, 11) is 0. The highest BCUT2D eigenvalue weighted by molar-refractivity contribution is 5.85. The highest BCUT2D eigenvalue weighted by atomic mass is 35.5. The zero-order valence-corrected chi connectivity index (χ0v) is 15.0. The van der Waals surface area contributed by atoms with E-state index in [-0.39, 0.29) is 29.6 Å². The first-order chi connectivity index (χ1) is 11.1. The topological polar surface area (TPSA) is 73.6 Å². The molecule has 1 aromatic carbocycles. The van der Waals surface area contributed by atoms with Gasteiger partial charge in [0.25, 0.3) is 0 Å². The minimum atomic E-state index is -0.145. The fraction of sp³-hybridized carbons (Fsp3) is 0.611. The average molecular weight is 355 g/mol. The molecule has 1 aliphatic carbocycles. The first kappa shape index (κ1) is 18.9. The van der Waals surface area contributed by atoms with Crippen molar-refractivity contribution < 1.29 is 14.3 Å². The number of nitrogens with one attached hydrogen (secondary N) is 1. The fourth-order valence-electron chi connectivity index (χ4n) is 3.53. The summed E-state index contributed by atoms with van der Waals surface area (Å²) in [5.41, 5.74) is 6.82. The van der Waals surface area contributed by atoms with Crippen LogP contribution in [-0.2, 0) is 10.2 Å². The Balaban J connectivity index is 0.00000208. The third-order valence-electron chi connectivity index (χ3n) is 5.12. The van der Waals surface area contributed by atoms with Crippen molar-refractivity contribution in [1.29, 1.82) is 0 Å². The highest BCUT2D eigenvalue weighted by Gasteiger charge is 2.37. The molecule has 0 spiro atoms. The number of benzene rings is 1. The molecule has 3 N–H and O–H groups in total. The van der Waals surface area contributed by atoms with E-state index < -0.39 is 0 Å². The molecule has 6 heteroatoms. The monoisotopic (exact) mass is 354 g/mol. The van der Waals surface area contributed by atoms with Crippen molar-refractivity contribution in [3.8, 4) is 11.5 Å². The molecule has 1 aromatic rings. The molecule has 0 bridgehead atoms. The van der Waals surface area contributed by atoms with Crippen molar-refractivity contribution in [2.75, 3.05) is 26.3 Å². The molecule has 0 aromatic heterocycles. The SMILES string of the molecule is CC(CN)C(=O)NCC1(c2ccc3c(c2)OCCO3)CCCC1.Cl. The second-order valence-corrected chi connectivity index (χ2v) is 6.70. The molecule has 134 valence electrons. The van der Waals surface area contributed by atoms with Crippen molar-refractivity contribution >= 4 is 18.3 Å². The molecule has 1 amide bonds. The van der Waals surface area contributed by atoms with E-state index in [0.29, 0.717) is 26.3 Å². The third-order valence-corrected chi connectivity index (χ3v) is 5.12. The van der Waals surface area contributed by atoms with Gasteiger partial charge in [-0.25, -0.2) is 0 Å². The van der Waals surface area contributed by atoms with Crippen molar-refractivity contribution in [3.63, 3.8) is 0 Å². The molecular weight excluding hydrogens is 328 g/mol. The number of carbonyl (C=O) groups excluding carboxylic acids is 1. The predicted octanol–water partition coefficient (Wildman–Crippen LogP) is 2.40. The number of nitrogens with two attached hydrogens (primary N) is 1. The second kappa shape index (κ2) is 8.08. The number of halogens is 1. The van der Waals surface area contributed by atoms with Gasteiger partial charge in [0.1, 0.15) is 13.2 Å². The van der Waals surface area contributed by atoms with Crippen molar-refractivity contribution in [2.45, 2.75) is 38.0 Å². The summed E-state index contributed by atoms with van der Waals surface area (Å²) >= 11 is 0. The molecule has 1 saturated carbocycles. The van der Waals surface area contributed by atoms with E-state index >= 15 is 0 Å².